The summed E-state index contributed by atoms with van der Waals surface area (Å²) in [5.74, 6) is 0. The first-order valence-electron chi connectivity index (χ1n) is 27.3. The Morgan fingerprint density at radius 3 is 1.51 bits per heavy atom. The van der Waals surface area contributed by atoms with Crippen LogP contribution < -0.4 is 4.90 Å². The van der Waals surface area contributed by atoms with Crippen LogP contribution in [0.2, 0.25) is 0 Å². The van der Waals surface area contributed by atoms with Gasteiger partial charge >= 0.3 is 0 Å². The molecule has 0 bridgehead atoms. The van der Waals surface area contributed by atoms with Gasteiger partial charge in [-0.15, -0.1) is 0 Å². The summed E-state index contributed by atoms with van der Waals surface area (Å²) >= 11 is 0. The fourth-order valence-corrected chi connectivity index (χ4v) is 13.2. The highest BCUT2D eigenvalue weighted by molar-refractivity contribution is 6.12. The lowest BCUT2D eigenvalue weighted by Crippen LogP contribution is -2.28. The highest BCUT2D eigenvalue weighted by Crippen LogP contribution is 2.59. The second-order valence-corrected chi connectivity index (χ2v) is 20.7. The molecule has 0 N–H and O–H groups in total. The van der Waals surface area contributed by atoms with Crippen molar-refractivity contribution in [2.45, 2.75) is 5.41 Å². The Hall–Kier alpha value is -10.3. The fourth-order valence-electron chi connectivity index (χ4n) is 13.2. The van der Waals surface area contributed by atoms with Crippen molar-refractivity contribution in [1.82, 2.24) is 4.57 Å². The molecule has 0 saturated carbocycles. The minimum absolute atomic E-state index is 0.543. The zero-order valence-electron chi connectivity index (χ0n) is 43.4. The third-order valence-electron chi connectivity index (χ3n) is 16.5. The first kappa shape index (κ1) is 46.1. The van der Waals surface area contributed by atoms with Crippen molar-refractivity contribution in [3.63, 3.8) is 0 Å². The molecule has 1 aliphatic carbocycles. The van der Waals surface area contributed by atoms with Gasteiger partial charge < -0.3 is 9.47 Å². The SMILES string of the molecule is c1ccc(-c2cccc3cccc(-c4ccccc4N(c4cccc(-c5ccc6c7ccccc7n(-c7ccccc7)c6c5)c4)c4ccccc4-c4cccc5c4-c4ccccc4C5(c4ccccc4)c4ccccc4)c23)cc1. The van der Waals surface area contributed by atoms with Crippen molar-refractivity contribution < 1.29 is 0 Å². The number of aromatic nitrogens is 1. The van der Waals surface area contributed by atoms with Crippen LogP contribution in [0.15, 0.2) is 315 Å². The molecule has 0 fully saturated rings. The van der Waals surface area contributed by atoms with Crippen LogP contribution in [0.3, 0.4) is 0 Å². The lowest BCUT2D eigenvalue weighted by atomic mass is 9.67. The molecule has 2 nitrogen and oxygen atoms in total. The van der Waals surface area contributed by atoms with Crippen LogP contribution >= 0.6 is 0 Å². The molecule has 0 unspecified atom stereocenters. The first-order chi connectivity index (χ1) is 39.2. The molecule has 13 aromatic carbocycles. The van der Waals surface area contributed by atoms with Crippen molar-refractivity contribution in [3.8, 4) is 61.3 Å². The van der Waals surface area contributed by atoms with Gasteiger partial charge in [0.15, 0.2) is 0 Å². The van der Waals surface area contributed by atoms with Gasteiger partial charge in [0.2, 0.25) is 0 Å². The van der Waals surface area contributed by atoms with Gasteiger partial charge in [0.1, 0.15) is 0 Å². The Morgan fingerprint density at radius 1 is 0.291 bits per heavy atom. The van der Waals surface area contributed by atoms with Crippen molar-refractivity contribution >= 4 is 49.6 Å². The van der Waals surface area contributed by atoms with E-state index in [-0.39, 0.29) is 0 Å². The van der Waals surface area contributed by atoms with Crippen LogP contribution in [0.5, 0.6) is 0 Å². The van der Waals surface area contributed by atoms with E-state index >= 15 is 0 Å². The first-order valence-corrected chi connectivity index (χ1v) is 27.3. The maximum absolute atomic E-state index is 2.53. The summed E-state index contributed by atoms with van der Waals surface area (Å²) in [5.41, 5.74) is 23.1. The number of hydrogen-bond acceptors (Lipinski definition) is 1. The van der Waals surface area contributed by atoms with Crippen molar-refractivity contribution in [2.24, 2.45) is 0 Å². The van der Waals surface area contributed by atoms with Gasteiger partial charge in [0.05, 0.1) is 27.8 Å². The van der Waals surface area contributed by atoms with E-state index in [9.17, 15) is 0 Å². The number of benzene rings is 13. The molecule has 0 saturated heterocycles. The topological polar surface area (TPSA) is 8.17 Å². The Balaban J connectivity index is 0.987. The van der Waals surface area contributed by atoms with Gasteiger partial charge in [-0.05, 0) is 126 Å². The summed E-state index contributed by atoms with van der Waals surface area (Å²) in [6.45, 7) is 0. The second-order valence-electron chi connectivity index (χ2n) is 20.7. The molecule has 2 heteroatoms. The van der Waals surface area contributed by atoms with E-state index in [0.717, 1.165) is 45.0 Å². The molecule has 1 aliphatic rings. The van der Waals surface area contributed by atoms with Crippen molar-refractivity contribution in [2.75, 3.05) is 4.90 Å². The van der Waals surface area contributed by atoms with Gasteiger partial charge in [0.25, 0.3) is 0 Å². The molecule has 1 heterocycles. The largest absolute Gasteiger partial charge is 0.309 e. The minimum Gasteiger partial charge on any atom is -0.309 e. The third-order valence-corrected chi connectivity index (χ3v) is 16.5. The van der Waals surface area contributed by atoms with Gasteiger partial charge in [-0.1, -0.05) is 267 Å². The van der Waals surface area contributed by atoms with Gasteiger partial charge in [0, 0.05) is 33.3 Å². The summed E-state index contributed by atoms with van der Waals surface area (Å²) in [5, 5.41) is 4.90. The molecule has 14 aromatic rings. The van der Waals surface area contributed by atoms with Crippen LogP contribution in [-0.2, 0) is 5.41 Å². The fraction of sp³-hybridized carbons (Fsp3) is 0.0130. The summed E-state index contributed by atoms with van der Waals surface area (Å²) in [6.07, 6.45) is 0. The number of anilines is 3. The molecule has 79 heavy (non-hydrogen) atoms. The smallest absolute Gasteiger partial charge is 0.0713 e. The molecule has 0 atom stereocenters. The third kappa shape index (κ3) is 7.41. The zero-order valence-corrected chi connectivity index (χ0v) is 43.4. The summed E-state index contributed by atoms with van der Waals surface area (Å²) in [4.78, 5) is 2.53. The number of fused-ring (bicyclic) bond motifs is 7. The Bertz CT molecular complexity index is 4550. The molecular formula is C77H52N2. The normalized spacial score (nSPS) is 12.4. The predicted octanol–water partition coefficient (Wildman–Crippen LogP) is 20.4. The molecule has 370 valence electrons. The number of para-hydroxylation sites is 4. The Labute approximate surface area is 461 Å². The van der Waals surface area contributed by atoms with E-state index in [1.54, 1.807) is 0 Å². The number of hydrogen-bond donors (Lipinski definition) is 0. The van der Waals surface area contributed by atoms with Crippen LogP contribution in [0.4, 0.5) is 17.1 Å². The van der Waals surface area contributed by atoms with Gasteiger partial charge in [-0.2, -0.15) is 0 Å². The van der Waals surface area contributed by atoms with E-state index in [1.165, 1.54) is 88.2 Å². The summed E-state index contributed by atoms with van der Waals surface area (Å²) in [7, 11) is 0. The van der Waals surface area contributed by atoms with E-state index in [2.05, 4.69) is 325 Å². The average Bonchev–Trinajstić information content (AvgIpc) is 3.59. The molecule has 0 radical (unpaired) electrons. The highest BCUT2D eigenvalue weighted by atomic mass is 15.1. The van der Waals surface area contributed by atoms with Crippen LogP contribution in [0, 0.1) is 0 Å². The molecule has 15 rings (SSSR count). The summed E-state index contributed by atoms with van der Waals surface area (Å²) < 4.78 is 2.41. The minimum atomic E-state index is -0.543. The highest BCUT2D eigenvalue weighted by Gasteiger charge is 2.47. The molecule has 0 amide bonds. The number of nitrogens with zero attached hydrogens (tertiary/aromatic N) is 2. The predicted molar refractivity (Wildman–Crippen MR) is 332 cm³/mol. The summed E-state index contributed by atoms with van der Waals surface area (Å²) in [6, 6.07) is 116. The zero-order chi connectivity index (χ0) is 52.3. The van der Waals surface area contributed by atoms with Crippen molar-refractivity contribution in [3.05, 3.63) is 338 Å². The second kappa shape index (κ2) is 19.1. The molecular weight excluding hydrogens is 953 g/mol. The van der Waals surface area contributed by atoms with Crippen LogP contribution in [0.1, 0.15) is 22.3 Å². The van der Waals surface area contributed by atoms with E-state index in [1.807, 2.05) is 0 Å². The molecule has 1 aromatic heterocycles. The quantitative estimate of drug-likeness (QED) is 0.133. The molecule has 0 aliphatic heterocycles. The van der Waals surface area contributed by atoms with E-state index in [4.69, 9.17) is 0 Å². The van der Waals surface area contributed by atoms with Crippen molar-refractivity contribution in [1.29, 1.82) is 0 Å². The van der Waals surface area contributed by atoms with E-state index < -0.39 is 5.41 Å². The van der Waals surface area contributed by atoms with Crippen LogP contribution in [-0.4, -0.2) is 4.57 Å². The maximum Gasteiger partial charge on any atom is 0.0713 e. The van der Waals surface area contributed by atoms with Gasteiger partial charge in [-0.25, -0.2) is 0 Å². The lowest BCUT2D eigenvalue weighted by Gasteiger charge is -2.34. The monoisotopic (exact) mass is 1000 g/mol. The van der Waals surface area contributed by atoms with Gasteiger partial charge in [-0.3, -0.25) is 0 Å². The van der Waals surface area contributed by atoms with Crippen LogP contribution in [0.25, 0.3) is 93.9 Å². The Kier molecular flexibility index (Phi) is 11.1. The van der Waals surface area contributed by atoms with E-state index in [0.29, 0.717) is 0 Å². The average molecular weight is 1010 g/mol. The number of rotatable bonds is 10. The molecule has 0 spiro atoms. The Morgan fingerprint density at radius 2 is 0.785 bits per heavy atom. The maximum atomic E-state index is 2.53. The lowest BCUT2D eigenvalue weighted by molar-refractivity contribution is 0.768. The standard InChI is InChI=1S/C77H52N2/c1-5-25-53(26-6-1)61-41-22-27-54-28-23-42-66(75(54)61)63-38-15-19-47-72(63)79(60-36-21-29-55(51-60)56-49-50-65-62-37-14-18-46-71(62)78(74(65)52-56)59-34-11-4-12-35-59)73-48-20-16-39-64(73)67-43-24-45-70-76(67)68-40-13-17-44-69(68)77(70,57-30-7-2-8-31-57)58-32-9-3-10-33-58/h1-52H.